The lowest BCUT2D eigenvalue weighted by atomic mass is 9.79. The maximum atomic E-state index is 12.2. The zero-order valence-electron chi connectivity index (χ0n) is 15.5. The fourth-order valence-corrected chi connectivity index (χ4v) is 5.59. The summed E-state index contributed by atoms with van der Waals surface area (Å²) in [4.78, 5) is 16.6. The minimum absolute atomic E-state index is 0.0172. The smallest absolute Gasteiger partial charge is 0.200 e. The van der Waals surface area contributed by atoms with E-state index in [-0.39, 0.29) is 22.7 Å². The van der Waals surface area contributed by atoms with Crippen LogP contribution in [0.1, 0.15) is 52.0 Å². The van der Waals surface area contributed by atoms with Gasteiger partial charge in [-0.2, -0.15) is 5.26 Å². The minimum Gasteiger partial charge on any atom is -0.394 e. The normalized spacial score (nSPS) is 24.4. The predicted molar refractivity (Wildman–Crippen MR) is 99.2 cm³/mol. The summed E-state index contributed by atoms with van der Waals surface area (Å²) in [5, 5.41) is 12.8. The molecule has 1 aromatic rings. The number of rotatable bonds is 5. The number of ketones is 1. The van der Waals surface area contributed by atoms with E-state index in [2.05, 4.69) is 44.9 Å². The van der Waals surface area contributed by atoms with Gasteiger partial charge in [-0.1, -0.05) is 27.2 Å². The summed E-state index contributed by atoms with van der Waals surface area (Å²) < 4.78 is 6.72. The fourth-order valence-electron chi connectivity index (χ4n) is 3.33. The Bertz CT molecular complexity index is 630. The van der Waals surface area contributed by atoms with Gasteiger partial charge in [0.05, 0.1) is 0 Å². The zero-order chi connectivity index (χ0) is 18.2. The molecule has 1 saturated carbocycles. The average molecular weight is 365 g/mol. The molecule has 3 atom stereocenters. The van der Waals surface area contributed by atoms with E-state index in [1.807, 2.05) is 5.38 Å². The highest BCUT2D eigenvalue weighted by atomic mass is 32.1. The summed E-state index contributed by atoms with van der Waals surface area (Å²) in [6.45, 7) is 12.5. The molecule has 0 aliphatic heterocycles. The van der Waals surface area contributed by atoms with Crippen molar-refractivity contribution >= 4 is 25.4 Å². The van der Waals surface area contributed by atoms with Crippen molar-refractivity contribution in [3.8, 4) is 6.07 Å². The lowest BCUT2D eigenvalue weighted by Crippen LogP contribution is -2.52. The number of thiazole rings is 1. The monoisotopic (exact) mass is 364 g/mol. The van der Waals surface area contributed by atoms with Crippen LogP contribution < -0.4 is 0 Å². The fraction of sp³-hybridized carbons (Fsp3) is 0.722. The molecule has 132 valence electrons. The van der Waals surface area contributed by atoms with Crippen LogP contribution in [0.3, 0.4) is 0 Å². The molecule has 1 aliphatic carbocycles. The first kappa shape index (κ1) is 19.3. The summed E-state index contributed by atoms with van der Waals surface area (Å²) in [6, 6.07) is 2.48. The lowest BCUT2D eigenvalue weighted by molar-refractivity contribution is -0.124. The number of aromatic nitrogens is 1. The van der Waals surface area contributed by atoms with Gasteiger partial charge in [0, 0.05) is 23.4 Å². The molecule has 0 amide bonds. The molecule has 1 aromatic heterocycles. The predicted octanol–water partition coefficient (Wildman–Crippen LogP) is 4.89. The number of carbonyl (C=O) groups is 1. The third kappa shape index (κ3) is 3.35. The van der Waals surface area contributed by atoms with Crippen LogP contribution in [0.15, 0.2) is 11.6 Å². The quantitative estimate of drug-likeness (QED) is 0.698. The van der Waals surface area contributed by atoms with Crippen molar-refractivity contribution < 1.29 is 9.22 Å². The molecule has 4 nitrogen and oxygen atoms in total. The van der Waals surface area contributed by atoms with Crippen LogP contribution in [0.4, 0.5) is 0 Å². The van der Waals surface area contributed by atoms with Gasteiger partial charge in [-0.05, 0) is 37.9 Å². The Morgan fingerprint density at radius 2 is 2.08 bits per heavy atom. The van der Waals surface area contributed by atoms with Gasteiger partial charge in [-0.3, -0.25) is 4.79 Å². The highest BCUT2D eigenvalue weighted by Crippen LogP contribution is 2.51. The van der Waals surface area contributed by atoms with Crippen molar-refractivity contribution in [3.05, 3.63) is 16.6 Å². The van der Waals surface area contributed by atoms with Crippen LogP contribution in [-0.4, -0.2) is 19.1 Å². The number of nitriles is 1. The number of carbonyl (C=O) groups excluding carboxylic acids is 1. The molecule has 1 fully saturated rings. The molecule has 0 bridgehead atoms. The van der Waals surface area contributed by atoms with E-state index in [4.69, 9.17) is 4.43 Å². The van der Waals surface area contributed by atoms with Crippen molar-refractivity contribution in [2.75, 3.05) is 0 Å². The Balaban J connectivity index is 2.55. The summed E-state index contributed by atoms with van der Waals surface area (Å²) >= 11 is 1.46. The Hall–Kier alpha value is -1.03. The molecule has 0 N–H and O–H groups in total. The van der Waals surface area contributed by atoms with Gasteiger partial charge in [-0.15, -0.1) is 11.3 Å². The topological polar surface area (TPSA) is 63.0 Å². The van der Waals surface area contributed by atoms with Crippen molar-refractivity contribution in [1.29, 1.82) is 5.26 Å². The Kier molecular flexibility index (Phi) is 5.39. The van der Waals surface area contributed by atoms with E-state index in [0.717, 1.165) is 19.3 Å². The number of Topliss-reactive ketones (excluding diaryl/α,β-unsaturated/α-hetero) is 1. The van der Waals surface area contributed by atoms with E-state index >= 15 is 0 Å². The van der Waals surface area contributed by atoms with Crippen LogP contribution in [-0.2, 0) is 14.8 Å². The van der Waals surface area contributed by atoms with E-state index < -0.39 is 13.9 Å². The largest absolute Gasteiger partial charge is 0.394 e. The van der Waals surface area contributed by atoms with Crippen LogP contribution in [0, 0.1) is 23.2 Å². The van der Waals surface area contributed by atoms with Gasteiger partial charge in [0.15, 0.2) is 13.9 Å². The van der Waals surface area contributed by atoms with E-state index in [1.54, 1.807) is 13.1 Å². The van der Waals surface area contributed by atoms with Gasteiger partial charge in [0.1, 0.15) is 16.9 Å². The maximum Gasteiger partial charge on any atom is 0.200 e. The van der Waals surface area contributed by atoms with Gasteiger partial charge >= 0.3 is 0 Å². The van der Waals surface area contributed by atoms with Gasteiger partial charge in [0.2, 0.25) is 0 Å². The van der Waals surface area contributed by atoms with Crippen molar-refractivity contribution in [3.63, 3.8) is 0 Å². The molecule has 1 aliphatic rings. The molecular formula is C18H28N2O2SSi. The number of hydrogen-bond acceptors (Lipinski definition) is 5. The van der Waals surface area contributed by atoms with E-state index in [9.17, 15) is 10.1 Å². The Labute approximate surface area is 150 Å². The highest BCUT2D eigenvalue weighted by molar-refractivity contribution is 7.09. The van der Waals surface area contributed by atoms with Gasteiger partial charge in [-0.25, -0.2) is 4.98 Å². The summed E-state index contributed by atoms with van der Waals surface area (Å²) in [5.74, 6) is -0.0638. The highest BCUT2D eigenvalue weighted by Gasteiger charge is 2.55. The van der Waals surface area contributed by atoms with Crippen LogP contribution in [0.2, 0.25) is 18.1 Å². The second-order valence-electron chi connectivity index (χ2n) is 8.30. The zero-order valence-corrected chi connectivity index (χ0v) is 17.4. The molecule has 0 spiro atoms. The van der Waals surface area contributed by atoms with Crippen LogP contribution in [0.5, 0.6) is 0 Å². The summed E-state index contributed by atoms with van der Waals surface area (Å²) in [6.07, 6.45) is 4.37. The summed E-state index contributed by atoms with van der Waals surface area (Å²) in [7, 11) is -2.22. The van der Waals surface area contributed by atoms with Crippen LogP contribution >= 0.6 is 11.3 Å². The molecule has 0 saturated heterocycles. The van der Waals surface area contributed by atoms with Crippen LogP contribution in [0.25, 0.3) is 0 Å². The first-order valence-electron chi connectivity index (χ1n) is 8.57. The molecule has 3 unspecified atom stereocenters. The van der Waals surface area contributed by atoms with Gasteiger partial charge in [0.25, 0.3) is 0 Å². The first-order chi connectivity index (χ1) is 11.0. The Morgan fingerprint density at radius 1 is 1.42 bits per heavy atom. The molecule has 1 heterocycles. The SMILES string of the molecule is CC(=O)C1CCCC1C(C#N)(O[Si](C)(C)C(C)(C)C)c1nccs1. The van der Waals surface area contributed by atoms with Gasteiger partial charge < -0.3 is 4.43 Å². The molecule has 2 rings (SSSR count). The second-order valence-corrected chi connectivity index (χ2v) is 13.9. The molecular weight excluding hydrogens is 336 g/mol. The Morgan fingerprint density at radius 3 is 2.54 bits per heavy atom. The van der Waals surface area contributed by atoms with Crippen molar-refractivity contribution in [2.45, 2.75) is 70.7 Å². The van der Waals surface area contributed by atoms with E-state index in [1.165, 1.54) is 11.3 Å². The van der Waals surface area contributed by atoms with Crippen molar-refractivity contribution in [1.82, 2.24) is 4.98 Å². The maximum absolute atomic E-state index is 12.2. The number of nitrogens with zero attached hydrogens (tertiary/aromatic N) is 2. The average Bonchev–Trinajstić information content (AvgIpc) is 3.14. The molecule has 24 heavy (non-hydrogen) atoms. The standard InChI is InChI=1S/C18H28N2O2SSi/c1-13(21)14-8-7-9-15(14)18(12-19,16-20-10-11-23-16)22-24(5,6)17(2,3)4/h10-11,14-15H,7-9H2,1-6H3. The lowest BCUT2D eigenvalue weighted by Gasteiger charge is -2.45. The molecule has 0 radical (unpaired) electrons. The third-order valence-electron chi connectivity index (χ3n) is 5.70. The summed E-state index contributed by atoms with van der Waals surface area (Å²) in [5.41, 5.74) is -1.11. The number of hydrogen-bond donors (Lipinski definition) is 0. The van der Waals surface area contributed by atoms with Crippen molar-refractivity contribution in [2.24, 2.45) is 11.8 Å². The third-order valence-corrected chi connectivity index (χ3v) is 11.0. The minimum atomic E-state index is -2.22. The van der Waals surface area contributed by atoms with E-state index in [0.29, 0.717) is 5.01 Å². The first-order valence-corrected chi connectivity index (χ1v) is 12.4. The molecule has 0 aromatic carbocycles. The second kappa shape index (κ2) is 6.70. The molecule has 6 heteroatoms.